The molecule has 0 spiro atoms. The predicted octanol–water partition coefficient (Wildman–Crippen LogP) is 1.20. The fourth-order valence-electron chi connectivity index (χ4n) is 1.22. The fourth-order valence-corrected chi connectivity index (χ4v) is 4.15. The summed E-state index contributed by atoms with van der Waals surface area (Å²) in [5.74, 6) is 0. The van der Waals surface area contributed by atoms with Gasteiger partial charge in [0.2, 0.25) is 0 Å². The van der Waals surface area contributed by atoms with Gasteiger partial charge in [-0.15, -0.1) is 11.3 Å². The quantitative estimate of drug-likeness (QED) is 0.862. The molecule has 0 atom stereocenters. The van der Waals surface area contributed by atoms with Crippen molar-refractivity contribution < 1.29 is 13.5 Å². The first-order chi connectivity index (χ1) is 6.97. The van der Waals surface area contributed by atoms with Crippen LogP contribution >= 0.6 is 22.9 Å². The number of aliphatic hydroxyl groups excluding tert-OH is 1. The fraction of sp³-hybridized carbons (Fsp3) is 0.500. The first kappa shape index (κ1) is 11.3. The Bertz CT molecular complexity index is 464. The van der Waals surface area contributed by atoms with Gasteiger partial charge in [-0.2, -0.15) is 0 Å². The Morgan fingerprint density at radius 3 is 2.60 bits per heavy atom. The summed E-state index contributed by atoms with van der Waals surface area (Å²) in [5, 5.41) is 9.02. The van der Waals surface area contributed by atoms with Gasteiger partial charge in [0.05, 0.1) is 16.5 Å². The number of hydrogen-bond acceptors (Lipinski definition) is 4. The molecule has 1 heterocycles. The van der Waals surface area contributed by atoms with Gasteiger partial charge in [-0.3, -0.25) is 0 Å². The van der Waals surface area contributed by atoms with Crippen molar-refractivity contribution in [2.45, 2.75) is 22.6 Å². The highest BCUT2D eigenvalue weighted by molar-refractivity contribution is 7.91. The van der Waals surface area contributed by atoms with Crippen molar-refractivity contribution in [1.82, 2.24) is 4.72 Å². The molecule has 1 fully saturated rings. The van der Waals surface area contributed by atoms with Gasteiger partial charge in [0, 0.05) is 0 Å². The van der Waals surface area contributed by atoms with Gasteiger partial charge in [0.15, 0.2) is 0 Å². The van der Waals surface area contributed by atoms with Crippen LogP contribution in [0.25, 0.3) is 0 Å². The van der Waals surface area contributed by atoms with Crippen LogP contribution in [0.3, 0.4) is 0 Å². The smallest absolute Gasteiger partial charge is 0.250 e. The molecule has 0 aromatic carbocycles. The van der Waals surface area contributed by atoms with Crippen LogP contribution in [0.2, 0.25) is 4.34 Å². The minimum atomic E-state index is -3.52. The molecule has 0 aliphatic heterocycles. The van der Waals surface area contributed by atoms with Crippen LogP contribution < -0.4 is 4.72 Å². The Morgan fingerprint density at radius 1 is 1.53 bits per heavy atom. The van der Waals surface area contributed by atoms with E-state index < -0.39 is 15.6 Å². The molecule has 15 heavy (non-hydrogen) atoms. The van der Waals surface area contributed by atoms with E-state index in [1.54, 1.807) is 6.07 Å². The summed E-state index contributed by atoms with van der Waals surface area (Å²) in [6, 6.07) is 3.00. The zero-order valence-electron chi connectivity index (χ0n) is 7.73. The summed E-state index contributed by atoms with van der Waals surface area (Å²) >= 11 is 6.67. The SMILES string of the molecule is O=S(=O)(NC1(CO)CC1)c1ccc(Cl)s1. The van der Waals surface area contributed by atoms with E-state index in [2.05, 4.69) is 4.72 Å². The predicted molar refractivity (Wildman–Crippen MR) is 58.7 cm³/mol. The molecule has 0 bridgehead atoms. The molecule has 0 amide bonds. The first-order valence-electron chi connectivity index (χ1n) is 4.38. The standard InChI is InChI=1S/C8H10ClNO3S2/c9-6-1-2-7(14-6)15(12,13)10-8(5-11)3-4-8/h1-2,10-11H,3-5H2. The third-order valence-electron chi connectivity index (χ3n) is 2.32. The van der Waals surface area contributed by atoms with Crippen LogP contribution in [0.15, 0.2) is 16.3 Å². The molecule has 1 aromatic heterocycles. The van der Waals surface area contributed by atoms with E-state index in [9.17, 15) is 8.42 Å². The van der Waals surface area contributed by atoms with Gasteiger partial charge >= 0.3 is 0 Å². The number of thiophene rings is 1. The van der Waals surface area contributed by atoms with Crippen molar-refractivity contribution >= 4 is 33.0 Å². The van der Waals surface area contributed by atoms with Gasteiger partial charge in [0.1, 0.15) is 4.21 Å². The highest BCUT2D eigenvalue weighted by Gasteiger charge is 2.45. The average molecular weight is 268 g/mol. The number of halogens is 1. The van der Waals surface area contributed by atoms with E-state index in [1.165, 1.54) is 6.07 Å². The van der Waals surface area contributed by atoms with Crippen LogP contribution in [0, 0.1) is 0 Å². The van der Waals surface area contributed by atoms with E-state index in [0.717, 1.165) is 11.3 Å². The van der Waals surface area contributed by atoms with Crippen LogP contribution in [0.1, 0.15) is 12.8 Å². The zero-order valence-corrected chi connectivity index (χ0v) is 10.1. The van der Waals surface area contributed by atoms with Gasteiger partial charge in [-0.1, -0.05) is 11.6 Å². The Hall–Kier alpha value is -0.140. The van der Waals surface area contributed by atoms with E-state index in [-0.39, 0.29) is 10.8 Å². The molecule has 7 heteroatoms. The van der Waals surface area contributed by atoms with Gasteiger partial charge in [0.25, 0.3) is 10.0 Å². The Labute approximate surface area is 96.9 Å². The maximum Gasteiger partial charge on any atom is 0.250 e. The highest BCUT2D eigenvalue weighted by atomic mass is 35.5. The number of hydrogen-bond donors (Lipinski definition) is 2. The minimum absolute atomic E-state index is 0.161. The van der Waals surface area contributed by atoms with Crippen molar-refractivity contribution in [1.29, 1.82) is 0 Å². The molecule has 0 unspecified atom stereocenters. The Balaban J connectivity index is 2.21. The molecule has 2 N–H and O–H groups in total. The normalized spacial score (nSPS) is 19.1. The molecule has 1 aliphatic carbocycles. The molecule has 84 valence electrons. The van der Waals surface area contributed by atoms with Crippen LogP contribution in [0.5, 0.6) is 0 Å². The van der Waals surface area contributed by atoms with E-state index in [1.807, 2.05) is 0 Å². The van der Waals surface area contributed by atoms with Crippen molar-refractivity contribution in [2.24, 2.45) is 0 Å². The summed E-state index contributed by atoms with van der Waals surface area (Å²) in [4.78, 5) is 0. The maximum absolute atomic E-state index is 11.8. The third kappa shape index (κ3) is 2.34. The lowest BCUT2D eigenvalue weighted by Crippen LogP contribution is -2.39. The summed E-state index contributed by atoms with van der Waals surface area (Å²) < 4.78 is 26.7. The molecular weight excluding hydrogens is 258 g/mol. The highest BCUT2D eigenvalue weighted by Crippen LogP contribution is 2.37. The van der Waals surface area contributed by atoms with Crippen molar-refractivity contribution in [3.63, 3.8) is 0 Å². The summed E-state index contributed by atoms with van der Waals surface area (Å²) in [7, 11) is -3.52. The topological polar surface area (TPSA) is 66.4 Å². The molecule has 1 aromatic rings. The van der Waals surface area contributed by atoms with Crippen LogP contribution in [-0.2, 0) is 10.0 Å². The summed E-state index contributed by atoms with van der Waals surface area (Å²) in [6.07, 6.45) is 1.36. The van der Waals surface area contributed by atoms with Gasteiger partial charge in [-0.05, 0) is 25.0 Å². The minimum Gasteiger partial charge on any atom is -0.394 e. The van der Waals surface area contributed by atoms with Gasteiger partial charge in [-0.25, -0.2) is 13.1 Å². The average Bonchev–Trinajstić information content (AvgIpc) is 2.78. The number of rotatable bonds is 4. The largest absolute Gasteiger partial charge is 0.394 e. The molecule has 4 nitrogen and oxygen atoms in total. The lowest BCUT2D eigenvalue weighted by molar-refractivity contribution is 0.246. The van der Waals surface area contributed by atoms with Crippen molar-refractivity contribution in [2.75, 3.05) is 6.61 Å². The summed E-state index contributed by atoms with van der Waals surface area (Å²) in [5.41, 5.74) is -0.630. The first-order valence-corrected chi connectivity index (χ1v) is 7.05. The molecule has 2 rings (SSSR count). The second-order valence-corrected chi connectivity index (χ2v) is 7.23. The van der Waals surface area contributed by atoms with E-state index in [4.69, 9.17) is 16.7 Å². The number of aliphatic hydroxyl groups is 1. The maximum atomic E-state index is 11.8. The number of sulfonamides is 1. The molecule has 1 saturated carbocycles. The Morgan fingerprint density at radius 2 is 2.20 bits per heavy atom. The number of nitrogens with one attached hydrogen (secondary N) is 1. The molecule has 0 radical (unpaired) electrons. The second kappa shape index (κ2) is 3.71. The second-order valence-electron chi connectivity index (χ2n) is 3.60. The lowest BCUT2D eigenvalue weighted by Gasteiger charge is -2.13. The third-order valence-corrected chi connectivity index (χ3v) is 5.62. The summed E-state index contributed by atoms with van der Waals surface area (Å²) in [6.45, 7) is -0.161. The zero-order chi connectivity index (χ0) is 11.1. The monoisotopic (exact) mass is 267 g/mol. The van der Waals surface area contributed by atoms with E-state index in [0.29, 0.717) is 17.2 Å². The lowest BCUT2D eigenvalue weighted by atomic mass is 10.3. The molecular formula is C8H10ClNO3S2. The van der Waals surface area contributed by atoms with Crippen LogP contribution in [-0.4, -0.2) is 25.7 Å². The van der Waals surface area contributed by atoms with Crippen molar-refractivity contribution in [3.05, 3.63) is 16.5 Å². The van der Waals surface area contributed by atoms with E-state index >= 15 is 0 Å². The van der Waals surface area contributed by atoms with Crippen molar-refractivity contribution in [3.8, 4) is 0 Å². The van der Waals surface area contributed by atoms with Gasteiger partial charge < -0.3 is 5.11 Å². The molecule has 1 aliphatic rings. The molecule has 0 saturated heterocycles. The Kier molecular flexibility index (Phi) is 2.81. The van der Waals surface area contributed by atoms with Crippen LogP contribution in [0.4, 0.5) is 0 Å².